The molecule has 1 atom stereocenters. The average molecular weight is 259 g/mol. The van der Waals surface area contributed by atoms with Crippen LogP contribution in [0.15, 0.2) is 0 Å². The number of ether oxygens (including phenoxy) is 1. The van der Waals surface area contributed by atoms with E-state index in [4.69, 9.17) is 4.74 Å². The molecule has 17 heavy (non-hydrogen) atoms. The van der Waals surface area contributed by atoms with Gasteiger partial charge in [-0.2, -0.15) is 0 Å². The highest BCUT2D eigenvalue weighted by atomic mass is 32.2. The van der Waals surface area contributed by atoms with Gasteiger partial charge in [0.15, 0.2) is 0 Å². The molecule has 0 radical (unpaired) electrons. The van der Waals surface area contributed by atoms with Crippen molar-refractivity contribution in [2.75, 3.05) is 19.3 Å². The summed E-state index contributed by atoms with van der Waals surface area (Å²) >= 11 is 1.56. The second-order valence-corrected chi connectivity index (χ2v) is 6.55. The maximum atomic E-state index is 11.6. The second kappa shape index (κ2) is 5.76. The van der Waals surface area contributed by atoms with Crippen LogP contribution >= 0.6 is 11.8 Å². The lowest BCUT2D eigenvalue weighted by molar-refractivity contribution is -0.154. The van der Waals surface area contributed by atoms with Crippen molar-refractivity contribution >= 4 is 23.6 Å². The summed E-state index contributed by atoms with van der Waals surface area (Å²) in [5.41, 5.74) is -0.425. The molecule has 0 aromatic carbocycles. The summed E-state index contributed by atoms with van der Waals surface area (Å²) in [7, 11) is 1.82. The van der Waals surface area contributed by atoms with Gasteiger partial charge in [-0.05, 0) is 27.2 Å². The van der Waals surface area contributed by atoms with Crippen molar-refractivity contribution in [3.63, 3.8) is 0 Å². The zero-order chi connectivity index (χ0) is 13.1. The Bertz CT molecular complexity index is 299. The van der Waals surface area contributed by atoms with Crippen LogP contribution in [0.3, 0.4) is 0 Å². The Morgan fingerprint density at radius 3 is 2.65 bits per heavy atom. The number of carbonyl (C=O) groups excluding carboxylic acids is 2. The van der Waals surface area contributed by atoms with Crippen LogP contribution < -0.4 is 0 Å². The van der Waals surface area contributed by atoms with E-state index >= 15 is 0 Å². The van der Waals surface area contributed by atoms with E-state index < -0.39 is 5.60 Å². The molecule has 5 heteroatoms. The number of esters is 1. The van der Waals surface area contributed by atoms with Gasteiger partial charge >= 0.3 is 5.97 Å². The van der Waals surface area contributed by atoms with Crippen molar-refractivity contribution in [1.82, 2.24) is 4.90 Å². The Labute approximate surface area is 107 Å². The molecule has 98 valence electrons. The smallest absolute Gasteiger partial charge is 0.307 e. The zero-order valence-corrected chi connectivity index (χ0v) is 11.8. The highest BCUT2D eigenvalue weighted by Gasteiger charge is 2.29. The topological polar surface area (TPSA) is 46.6 Å². The van der Waals surface area contributed by atoms with E-state index in [0.29, 0.717) is 12.2 Å². The number of likely N-dealkylation sites (tertiary alicyclic amines) is 1. The number of amides is 1. The van der Waals surface area contributed by atoms with E-state index in [9.17, 15) is 9.59 Å². The molecular formula is C12H21NO3S. The van der Waals surface area contributed by atoms with Crippen molar-refractivity contribution in [3.8, 4) is 0 Å². The van der Waals surface area contributed by atoms with E-state index in [2.05, 4.69) is 0 Å². The Hall–Kier alpha value is -0.710. The molecule has 0 spiro atoms. The number of carbonyl (C=O) groups is 2. The van der Waals surface area contributed by atoms with Crippen LogP contribution in [0.25, 0.3) is 0 Å². The van der Waals surface area contributed by atoms with Gasteiger partial charge in [-0.15, -0.1) is 11.8 Å². The van der Waals surface area contributed by atoms with E-state index in [1.54, 1.807) is 16.7 Å². The molecule has 1 fully saturated rings. The third-order valence-corrected chi connectivity index (χ3v) is 3.70. The van der Waals surface area contributed by atoms with Crippen molar-refractivity contribution in [3.05, 3.63) is 0 Å². The third-order valence-electron chi connectivity index (χ3n) is 2.42. The molecule has 0 N–H and O–H groups in total. The molecule has 0 unspecified atom stereocenters. The maximum Gasteiger partial charge on any atom is 0.307 e. The Morgan fingerprint density at radius 1 is 1.53 bits per heavy atom. The standard InChI is InChI=1S/C12H21NO3S/c1-12(2,3)16-10(14)6-8-17-9-5-7-13(4)11(9)15/h9H,5-8H2,1-4H3/t9-/m0/s1. The molecule has 0 saturated carbocycles. The van der Waals surface area contributed by atoms with Crippen LogP contribution in [0.4, 0.5) is 0 Å². The van der Waals surface area contributed by atoms with E-state index in [1.807, 2.05) is 27.8 Å². The third kappa shape index (κ3) is 4.98. The van der Waals surface area contributed by atoms with Gasteiger partial charge in [-0.1, -0.05) is 0 Å². The van der Waals surface area contributed by atoms with Crippen LogP contribution in [0.2, 0.25) is 0 Å². The normalized spacial score (nSPS) is 20.8. The van der Waals surface area contributed by atoms with Crippen LogP contribution in [-0.4, -0.2) is 47.0 Å². The van der Waals surface area contributed by atoms with E-state index in [1.165, 1.54) is 0 Å². The molecule has 4 nitrogen and oxygen atoms in total. The molecule has 1 saturated heterocycles. The van der Waals surface area contributed by atoms with Crippen LogP contribution in [-0.2, 0) is 14.3 Å². The second-order valence-electron chi connectivity index (χ2n) is 5.24. The van der Waals surface area contributed by atoms with Gasteiger partial charge in [0, 0.05) is 19.3 Å². The first kappa shape index (κ1) is 14.4. The lowest BCUT2D eigenvalue weighted by atomic mass is 10.2. The molecule has 0 aromatic rings. The monoisotopic (exact) mass is 259 g/mol. The van der Waals surface area contributed by atoms with Crippen molar-refractivity contribution in [2.24, 2.45) is 0 Å². The SMILES string of the molecule is CN1CC[C@H](SCCC(=O)OC(C)(C)C)C1=O. The van der Waals surface area contributed by atoms with Gasteiger partial charge in [0.1, 0.15) is 5.60 Å². The molecule has 1 aliphatic heterocycles. The highest BCUT2D eigenvalue weighted by molar-refractivity contribution is 8.00. The lowest BCUT2D eigenvalue weighted by Gasteiger charge is -2.19. The summed E-state index contributed by atoms with van der Waals surface area (Å²) in [5, 5.41) is 0.0300. The summed E-state index contributed by atoms with van der Waals surface area (Å²) in [5.74, 6) is 0.641. The molecule has 0 aliphatic carbocycles. The number of thioether (sulfide) groups is 1. The summed E-state index contributed by atoms with van der Waals surface area (Å²) in [6, 6.07) is 0. The van der Waals surface area contributed by atoms with E-state index in [-0.39, 0.29) is 17.1 Å². The number of hydrogen-bond acceptors (Lipinski definition) is 4. The highest BCUT2D eigenvalue weighted by Crippen LogP contribution is 2.23. The summed E-state index contributed by atoms with van der Waals surface area (Å²) in [6.45, 7) is 6.39. The minimum absolute atomic E-state index is 0.0300. The Balaban J connectivity index is 2.20. The number of rotatable bonds is 4. The van der Waals surface area contributed by atoms with Crippen molar-refractivity contribution in [1.29, 1.82) is 0 Å². The van der Waals surface area contributed by atoms with Gasteiger partial charge in [0.25, 0.3) is 0 Å². The predicted molar refractivity (Wildman–Crippen MR) is 69.0 cm³/mol. The largest absolute Gasteiger partial charge is 0.460 e. The molecule has 0 aromatic heterocycles. The van der Waals surface area contributed by atoms with Gasteiger partial charge in [0.05, 0.1) is 11.7 Å². The summed E-state index contributed by atoms with van der Waals surface area (Å²) < 4.78 is 5.20. The molecule has 1 heterocycles. The van der Waals surface area contributed by atoms with Gasteiger partial charge in [-0.25, -0.2) is 0 Å². The average Bonchev–Trinajstić information content (AvgIpc) is 2.46. The maximum absolute atomic E-state index is 11.6. The fourth-order valence-electron chi connectivity index (χ4n) is 1.62. The Kier molecular flexibility index (Phi) is 4.86. The lowest BCUT2D eigenvalue weighted by Crippen LogP contribution is -2.25. The molecule has 1 aliphatic rings. The Morgan fingerprint density at radius 2 is 2.18 bits per heavy atom. The predicted octanol–water partition coefficient (Wildman–Crippen LogP) is 1.68. The zero-order valence-electron chi connectivity index (χ0n) is 11.0. The first-order chi connectivity index (χ1) is 7.79. The van der Waals surface area contributed by atoms with Gasteiger partial charge < -0.3 is 9.64 Å². The van der Waals surface area contributed by atoms with Crippen molar-refractivity contribution < 1.29 is 14.3 Å². The molecule has 1 rings (SSSR count). The van der Waals surface area contributed by atoms with Crippen LogP contribution in [0.5, 0.6) is 0 Å². The first-order valence-corrected chi connectivity index (χ1v) is 6.93. The fraction of sp³-hybridized carbons (Fsp3) is 0.833. The first-order valence-electron chi connectivity index (χ1n) is 5.88. The molecule has 1 amide bonds. The van der Waals surface area contributed by atoms with Gasteiger partial charge in [-0.3, -0.25) is 9.59 Å². The molecule has 0 bridgehead atoms. The van der Waals surface area contributed by atoms with Gasteiger partial charge in [0.2, 0.25) is 5.91 Å². The number of nitrogens with zero attached hydrogens (tertiary/aromatic N) is 1. The number of hydrogen-bond donors (Lipinski definition) is 0. The van der Waals surface area contributed by atoms with Crippen molar-refractivity contribution in [2.45, 2.75) is 44.5 Å². The summed E-state index contributed by atoms with van der Waals surface area (Å²) in [6.07, 6.45) is 1.25. The quantitative estimate of drug-likeness (QED) is 0.721. The van der Waals surface area contributed by atoms with Crippen LogP contribution in [0, 0.1) is 0 Å². The minimum Gasteiger partial charge on any atom is -0.460 e. The van der Waals surface area contributed by atoms with Crippen LogP contribution in [0.1, 0.15) is 33.6 Å². The van der Waals surface area contributed by atoms with E-state index in [0.717, 1.165) is 13.0 Å². The molecular weight excluding hydrogens is 238 g/mol. The fourth-order valence-corrected chi connectivity index (χ4v) is 2.79. The summed E-state index contributed by atoms with van der Waals surface area (Å²) in [4.78, 5) is 24.8. The minimum atomic E-state index is -0.425.